The Morgan fingerprint density at radius 3 is 2.50 bits per heavy atom. The molecule has 160 valence electrons. The number of anilines is 1. The predicted octanol–water partition coefficient (Wildman–Crippen LogP) is 2.57. The van der Waals surface area contributed by atoms with Gasteiger partial charge in [0.15, 0.2) is 0 Å². The van der Waals surface area contributed by atoms with Gasteiger partial charge in [0.05, 0.1) is 17.5 Å². The summed E-state index contributed by atoms with van der Waals surface area (Å²) >= 11 is 0. The molecule has 4 rings (SSSR count). The van der Waals surface area contributed by atoms with E-state index in [9.17, 15) is 22.0 Å². The molecule has 2 aromatic rings. The fraction of sp³-hybridized carbons (Fsp3) is 0.429. The van der Waals surface area contributed by atoms with E-state index in [0.717, 1.165) is 11.9 Å². The maximum Gasteiger partial charge on any atom is 0.226 e. The van der Waals surface area contributed by atoms with Crippen LogP contribution in [0.4, 0.5) is 14.6 Å². The van der Waals surface area contributed by atoms with Crippen molar-refractivity contribution in [3.63, 3.8) is 0 Å². The second-order valence-electron chi connectivity index (χ2n) is 7.77. The largest absolute Gasteiger partial charge is 0.352 e. The molecule has 2 fully saturated rings. The molecule has 30 heavy (non-hydrogen) atoms. The van der Waals surface area contributed by atoms with E-state index >= 15 is 0 Å². The molecule has 1 aromatic heterocycles. The summed E-state index contributed by atoms with van der Waals surface area (Å²) in [4.78, 5) is 21.2. The van der Waals surface area contributed by atoms with E-state index in [2.05, 4.69) is 4.98 Å². The van der Waals surface area contributed by atoms with Crippen LogP contribution in [0.3, 0.4) is 0 Å². The fourth-order valence-corrected chi connectivity index (χ4v) is 5.70. The molecular weight excluding hydrogens is 412 g/mol. The third-order valence-electron chi connectivity index (χ3n) is 5.86. The predicted molar refractivity (Wildman–Crippen MR) is 109 cm³/mol. The Labute approximate surface area is 174 Å². The number of amides is 1. The van der Waals surface area contributed by atoms with E-state index < -0.39 is 33.4 Å². The number of rotatable bonds is 3. The smallest absolute Gasteiger partial charge is 0.226 e. The van der Waals surface area contributed by atoms with Crippen LogP contribution in [0, 0.1) is 17.6 Å². The van der Waals surface area contributed by atoms with Gasteiger partial charge in [-0.25, -0.2) is 22.2 Å². The number of nitrogens with zero attached hydrogens (tertiary/aromatic N) is 3. The van der Waals surface area contributed by atoms with Gasteiger partial charge in [0.2, 0.25) is 5.91 Å². The number of carbonyl (C=O) groups is 1. The quantitative estimate of drug-likeness (QED) is 0.741. The van der Waals surface area contributed by atoms with Gasteiger partial charge in [0, 0.05) is 43.4 Å². The molecule has 0 bridgehead atoms. The normalized spacial score (nSPS) is 22.1. The molecule has 1 amide bonds. The van der Waals surface area contributed by atoms with Crippen LogP contribution in [0.1, 0.15) is 24.4 Å². The lowest BCUT2D eigenvalue weighted by atomic mass is 9.96. The molecule has 0 aliphatic carbocycles. The number of carbonyl (C=O) groups excluding carboxylic acids is 1. The van der Waals surface area contributed by atoms with Crippen molar-refractivity contribution in [2.45, 2.75) is 18.9 Å². The Bertz CT molecular complexity index is 1020. The maximum absolute atomic E-state index is 14.7. The van der Waals surface area contributed by atoms with Gasteiger partial charge in [0.25, 0.3) is 0 Å². The van der Waals surface area contributed by atoms with Crippen molar-refractivity contribution < 1.29 is 22.0 Å². The van der Waals surface area contributed by atoms with Gasteiger partial charge in [0.1, 0.15) is 27.3 Å². The van der Waals surface area contributed by atoms with Gasteiger partial charge in [-0.15, -0.1) is 0 Å². The number of hydrogen-bond acceptors (Lipinski definition) is 5. The molecule has 1 unspecified atom stereocenters. The van der Waals surface area contributed by atoms with Crippen LogP contribution in [0.5, 0.6) is 0 Å². The highest BCUT2D eigenvalue weighted by Gasteiger charge is 2.38. The number of halogens is 2. The van der Waals surface area contributed by atoms with Crippen LogP contribution in [0.15, 0.2) is 42.6 Å². The standard InChI is InChI=1S/C21H23F2N3O3S/c22-16-4-5-17(18(23)13-16)19-14-25(20-3-1-2-8-24-20)9-10-26(19)21(27)15-6-11-30(28,29)12-7-15/h1-5,8,13,15,19H,6-7,9-12,14H2. The minimum atomic E-state index is -3.09. The summed E-state index contributed by atoms with van der Waals surface area (Å²) in [5, 5.41) is 0. The lowest BCUT2D eigenvalue weighted by Gasteiger charge is -2.43. The zero-order valence-electron chi connectivity index (χ0n) is 16.4. The van der Waals surface area contributed by atoms with Gasteiger partial charge in [-0.3, -0.25) is 4.79 Å². The maximum atomic E-state index is 14.7. The first-order chi connectivity index (χ1) is 14.3. The van der Waals surface area contributed by atoms with Crippen molar-refractivity contribution >= 4 is 21.6 Å². The van der Waals surface area contributed by atoms with Crippen molar-refractivity contribution in [1.82, 2.24) is 9.88 Å². The zero-order chi connectivity index (χ0) is 21.3. The summed E-state index contributed by atoms with van der Waals surface area (Å²) in [6.45, 7) is 1.18. The molecule has 0 N–H and O–H groups in total. The zero-order valence-corrected chi connectivity index (χ0v) is 17.2. The highest BCUT2D eigenvalue weighted by atomic mass is 32.2. The first-order valence-electron chi connectivity index (χ1n) is 9.96. The van der Waals surface area contributed by atoms with Crippen LogP contribution < -0.4 is 4.90 Å². The summed E-state index contributed by atoms with van der Waals surface area (Å²) in [7, 11) is -3.09. The van der Waals surface area contributed by atoms with Gasteiger partial charge in [-0.2, -0.15) is 0 Å². The number of benzene rings is 1. The fourth-order valence-electron chi connectivity index (χ4n) is 4.21. The van der Waals surface area contributed by atoms with E-state index in [4.69, 9.17) is 0 Å². The van der Waals surface area contributed by atoms with Crippen molar-refractivity contribution in [3.05, 3.63) is 59.8 Å². The lowest BCUT2D eigenvalue weighted by molar-refractivity contribution is -0.138. The van der Waals surface area contributed by atoms with Crippen molar-refractivity contribution in [1.29, 1.82) is 0 Å². The molecule has 2 aliphatic rings. The first-order valence-corrected chi connectivity index (χ1v) is 11.8. The molecular formula is C21H23F2N3O3S. The second-order valence-corrected chi connectivity index (χ2v) is 10.1. The second kappa shape index (κ2) is 8.29. The first kappa shape index (κ1) is 20.7. The molecule has 1 aromatic carbocycles. The number of hydrogen-bond donors (Lipinski definition) is 0. The number of piperazine rings is 1. The highest BCUT2D eigenvalue weighted by molar-refractivity contribution is 7.91. The summed E-state index contributed by atoms with van der Waals surface area (Å²) < 4.78 is 51.6. The Hall–Kier alpha value is -2.55. The number of sulfone groups is 1. The van der Waals surface area contributed by atoms with Crippen LogP contribution >= 0.6 is 0 Å². The number of pyridine rings is 1. The van der Waals surface area contributed by atoms with Crippen LogP contribution in [0.2, 0.25) is 0 Å². The van der Waals surface area contributed by atoms with Crippen molar-refractivity contribution in [2.24, 2.45) is 5.92 Å². The van der Waals surface area contributed by atoms with E-state index in [0.29, 0.717) is 19.6 Å². The van der Waals surface area contributed by atoms with E-state index in [1.165, 1.54) is 12.1 Å². The molecule has 9 heteroatoms. The van der Waals surface area contributed by atoms with E-state index in [1.807, 2.05) is 17.0 Å². The van der Waals surface area contributed by atoms with E-state index in [1.54, 1.807) is 17.2 Å². The molecule has 1 atom stereocenters. The minimum absolute atomic E-state index is 0.00706. The Morgan fingerprint density at radius 1 is 1.07 bits per heavy atom. The average Bonchev–Trinajstić information content (AvgIpc) is 2.73. The van der Waals surface area contributed by atoms with E-state index in [-0.39, 0.29) is 35.8 Å². The Kier molecular flexibility index (Phi) is 5.73. The molecule has 0 saturated carbocycles. The van der Waals surface area contributed by atoms with Gasteiger partial charge in [-0.1, -0.05) is 12.1 Å². The average molecular weight is 435 g/mol. The summed E-state index contributed by atoms with van der Waals surface area (Å²) in [5.74, 6) is -1.24. The van der Waals surface area contributed by atoms with Crippen LogP contribution in [0.25, 0.3) is 0 Å². The topological polar surface area (TPSA) is 70.6 Å². The van der Waals surface area contributed by atoms with Crippen LogP contribution in [-0.4, -0.2) is 55.3 Å². The third-order valence-corrected chi connectivity index (χ3v) is 7.58. The summed E-state index contributed by atoms with van der Waals surface area (Å²) in [5.41, 5.74) is 0.244. The SMILES string of the molecule is O=C(C1CCS(=O)(=O)CC1)N1CCN(c2ccccn2)CC1c1ccc(F)cc1F. The highest BCUT2D eigenvalue weighted by Crippen LogP contribution is 2.33. The van der Waals surface area contributed by atoms with Gasteiger partial charge in [-0.05, 0) is 31.0 Å². The van der Waals surface area contributed by atoms with Gasteiger partial charge < -0.3 is 9.80 Å². The monoisotopic (exact) mass is 435 g/mol. The molecule has 6 nitrogen and oxygen atoms in total. The van der Waals surface area contributed by atoms with Crippen molar-refractivity contribution in [2.75, 3.05) is 36.0 Å². The molecule has 3 heterocycles. The summed E-state index contributed by atoms with van der Waals surface area (Å²) in [6, 6.07) is 8.28. The van der Waals surface area contributed by atoms with Crippen molar-refractivity contribution in [3.8, 4) is 0 Å². The minimum Gasteiger partial charge on any atom is -0.352 e. The van der Waals surface area contributed by atoms with Gasteiger partial charge >= 0.3 is 0 Å². The Morgan fingerprint density at radius 2 is 1.83 bits per heavy atom. The molecule has 0 spiro atoms. The third kappa shape index (κ3) is 4.30. The Balaban J connectivity index is 1.62. The summed E-state index contributed by atoms with van der Waals surface area (Å²) in [6.07, 6.45) is 2.23. The van der Waals surface area contributed by atoms with Crippen LogP contribution in [-0.2, 0) is 14.6 Å². The molecule has 2 aliphatic heterocycles. The molecule has 0 radical (unpaired) electrons. The molecule has 2 saturated heterocycles. The number of aromatic nitrogens is 1. The lowest BCUT2D eigenvalue weighted by Crippen LogP contribution is -2.53.